The van der Waals surface area contributed by atoms with Gasteiger partial charge in [-0.25, -0.2) is 0 Å². The van der Waals surface area contributed by atoms with Gasteiger partial charge in [0.25, 0.3) is 0 Å². The third kappa shape index (κ3) is 2.39. The Bertz CT molecular complexity index is 600. The lowest BCUT2D eigenvalue weighted by Crippen LogP contribution is -2.28. The van der Waals surface area contributed by atoms with Crippen molar-refractivity contribution in [3.05, 3.63) is 46.6 Å². The largest absolute Gasteiger partial charge is 0.369 e. The van der Waals surface area contributed by atoms with Crippen LogP contribution in [0.5, 0.6) is 0 Å². The Morgan fingerprint density at radius 2 is 1.58 bits per heavy atom. The number of carbonyl (C=O) groups is 3. The van der Waals surface area contributed by atoms with E-state index < -0.39 is 17.7 Å². The van der Waals surface area contributed by atoms with Crippen LogP contribution in [0.25, 0.3) is 0 Å². The van der Waals surface area contributed by atoms with Crippen LogP contribution >= 0.6 is 0 Å². The number of ketones is 3. The van der Waals surface area contributed by atoms with Gasteiger partial charge >= 0.3 is 0 Å². The molecule has 0 N–H and O–H groups in total. The molecule has 0 aliphatic heterocycles. The first-order valence-electron chi connectivity index (χ1n) is 5.90. The summed E-state index contributed by atoms with van der Waals surface area (Å²) in [7, 11) is 1.46. The predicted molar refractivity (Wildman–Crippen MR) is 69.5 cm³/mol. The molecule has 0 spiro atoms. The van der Waals surface area contributed by atoms with Crippen LogP contribution in [0.3, 0.4) is 0 Å². The molecule has 0 radical (unpaired) electrons. The van der Waals surface area contributed by atoms with Crippen LogP contribution in [0.1, 0.15) is 13.8 Å². The summed E-state index contributed by atoms with van der Waals surface area (Å²) < 4.78 is 5.11. The molecule has 0 fully saturated rings. The lowest BCUT2D eigenvalue weighted by atomic mass is 9.84. The number of carbonyl (C=O) groups excluding carboxylic acids is 3. The Morgan fingerprint density at radius 3 is 2.21 bits per heavy atom. The van der Waals surface area contributed by atoms with Crippen molar-refractivity contribution < 1.29 is 19.1 Å². The summed E-state index contributed by atoms with van der Waals surface area (Å²) in [6.45, 7) is 3.56. The standard InChI is InChI=1S/C15H14O4/c1-8-4-11(15(18)14(5-8)19-3)10-7-13(17)12(16)6-9(10)2/h4-7,14H,1-3H3. The molecule has 2 aliphatic rings. The number of ether oxygens (including phenoxy) is 1. The van der Waals surface area contributed by atoms with E-state index in [2.05, 4.69) is 0 Å². The van der Waals surface area contributed by atoms with E-state index in [-0.39, 0.29) is 5.78 Å². The molecule has 0 heterocycles. The number of hydrogen-bond donors (Lipinski definition) is 0. The maximum atomic E-state index is 12.2. The molecule has 0 saturated carbocycles. The average molecular weight is 258 g/mol. The molecule has 1 unspecified atom stereocenters. The SMILES string of the molecule is COC1C=C(C)C=C(C2=CC(=O)C(=O)C=C2C)C1=O. The van der Waals surface area contributed by atoms with Crippen molar-refractivity contribution in [2.24, 2.45) is 0 Å². The van der Waals surface area contributed by atoms with Gasteiger partial charge in [0.1, 0.15) is 6.10 Å². The molecule has 0 aromatic carbocycles. The monoisotopic (exact) mass is 258 g/mol. The van der Waals surface area contributed by atoms with Gasteiger partial charge in [-0.05, 0) is 49.3 Å². The van der Waals surface area contributed by atoms with Crippen molar-refractivity contribution in [2.45, 2.75) is 20.0 Å². The van der Waals surface area contributed by atoms with Gasteiger partial charge in [-0.15, -0.1) is 0 Å². The Labute approximate surface area is 111 Å². The predicted octanol–water partition coefficient (Wildman–Crippen LogP) is 1.48. The number of Topliss-reactive ketones (excluding diaryl/α,β-unsaturated/α-hetero) is 1. The maximum Gasteiger partial charge on any atom is 0.226 e. The van der Waals surface area contributed by atoms with Gasteiger partial charge < -0.3 is 4.74 Å². The molecule has 0 aromatic rings. The summed E-state index contributed by atoms with van der Waals surface area (Å²) in [5, 5.41) is 0. The molecule has 0 aromatic heterocycles. The van der Waals surface area contributed by atoms with Crippen molar-refractivity contribution in [1.29, 1.82) is 0 Å². The lowest BCUT2D eigenvalue weighted by Gasteiger charge is -2.21. The molecule has 2 aliphatic carbocycles. The van der Waals surface area contributed by atoms with Crippen LogP contribution in [-0.4, -0.2) is 30.6 Å². The van der Waals surface area contributed by atoms with E-state index in [9.17, 15) is 14.4 Å². The van der Waals surface area contributed by atoms with Crippen LogP contribution in [-0.2, 0) is 19.1 Å². The average Bonchev–Trinajstić information content (AvgIpc) is 2.36. The van der Waals surface area contributed by atoms with Gasteiger partial charge in [0, 0.05) is 12.7 Å². The summed E-state index contributed by atoms with van der Waals surface area (Å²) in [6.07, 6.45) is 5.29. The zero-order valence-corrected chi connectivity index (χ0v) is 11.0. The fourth-order valence-electron chi connectivity index (χ4n) is 2.15. The van der Waals surface area contributed by atoms with Crippen LogP contribution in [0.4, 0.5) is 0 Å². The normalized spacial score (nSPS) is 23.7. The second-order valence-electron chi connectivity index (χ2n) is 4.60. The van der Waals surface area contributed by atoms with Crippen molar-refractivity contribution in [3.8, 4) is 0 Å². The highest BCUT2D eigenvalue weighted by atomic mass is 16.5. The Balaban J connectivity index is 2.48. The molecule has 2 rings (SSSR count). The highest BCUT2D eigenvalue weighted by molar-refractivity contribution is 6.47. The van der Waals surface area contributed by atoms with E-state index in [4.69, 9.17) is 4.74 Å². The Hall–Kier alpha value is -2.07. The topological polar surface area (TPSA) is 60.4 Å². The number of hydrogen-bond acceptors (Lipinski definition) is 4. The fraction of sp³-hybridized carbons (Fsp3) is 0.267. The van der Waals surface area contributed by atoms with Gasteiger partial charge in [-0.2, -0.15) is 0 Å². The molecule has 0 bridgehead atoms. The highest BCUT2D eigenvalue weighted by Gasteiger charge is 2.29. The first-order chi connectivity index (χ1) is 8.93. The molecule has 1 atom stereocenters. The second kappa shape index (κ2) is 4.90. The van der Waals surface area contributed by atoms with Crippen LogP contribution in [0, 0.1) is 0 Å². The molecule has 0 saturated heterocycles. The molecule has 98 valence electrons. The fourth-order valence-corrected chi connectivity index (χ4v) is 2.15. The molecule has 0 amide bonds. The quantitative estimate of drug-likeness (QED) is 0.556. The minimum Gasteiger partial charge on any atom is -0.369 e. The highest BCUT2D eigenvalue weighted by Crippen LogP contribution is 2.28. The summed E-state index contributed by atoms with van der Waals surface area (Å²) in [6, 6.07) is 0. The lowest BCUT2D eigenvalue weighted by molar-refractivity contribution is -0.131. The van der Waals surface area contributed by atoms with E-state index in [1.165, 1.54) is 19.3 Å². The first-order valence-corrected chi connectivity index (χ1v) is 5.90. The smallest absolute Gasteiger partial charge is 0.226 e. The van der Waals surface area contributed by atoms with Gasteiger partial charge in [-0.3, -0.25) is 14.4 Å². The number of methoxy groups -OCH3 is 1. The molecule has 4 heteroatoms. The maximum absolute atomic E-state index is 12.2. The van der Waals surface area contributed by atoms with Gasteiger partial charge in [0.05, 0.1) is 0 Å². The van der Waals surface area contributed by atoms with Crippen molar-refractivity contribution in [3.63, 3.8) is 0 Å². The number of rotatable bonds is 2. The van der Waals surface area contributed by atoms with Crippen LogP contribution in [0.15, 0.2) is 46.6 Å². The first kappa shape index (κ1) is 13.4. The third-order valence-electron chi connectivity index (χ3n) is 3.14. The summed E-state index contributed by atoms with van der Waals surface area (Å²) in [4.78, 5) is 35.0. The van der Waals surface area contributed by atoms with E-state index >= 15 is 0 Å². The zero-order valence-electron chi connectivity index (χ0n) is 11.0. The van der Waals surface area contributed by atoms with Crippen molar-refractivity contribution >= 4 is 17.3 Å². The van der Waals surface area contributed by atoms with E-state index in [1.54, 1.807) is 19.1 Å². The molecular formula is C15H14O4. The van der Waals surface area contributed by atoms with Crippen LogP contribution in [0.2, 0.25) is 0 Å². The number of allylic oxidation sites excluding steroid dienone is 6. The minimum atomic E-state index is -0.638. The summed E-state index contributed by atoms with van der Waals surface area (Å²) in [5.41, 5.74) is 2.43. The van der Waals surface area contributed by atoms with E-state index in [1.807, 2.05) is 6.92 Å². The van der Waals surface area contributed by atoms with Gasteiger partial charge in [0.15, 0.2) is 5.78 Å². The molecular weight excluding hydrogens is 244 g/mol. The van der Waals surface area contributed by atoms with Gasteiger partial charge in [-0.1, -0.05) is 5.57 Å². The van der Waals surface area contributed by atoms with Gasteiger partial charge in [0.2, 0.25) is 11.6 Å². The third-order valence-corrected chi connectivity index (χ3v) is 3.14. The minimum absolute atomic E-state index is 0.200. The molecule has 19 heavy (non-hydrogen) atoms. The summed E-state index contributed by atoms with van der Waals surface area (Å²) in [5.74, 6) is -1.36. The second-order valence-corrected chi connectivity index (χ2v) is 4.60. The van der Waals surface area contributed by atoms with E-state index in [0.717, 1.165) is 5.57 Å². The Morgan fingerprint density at radius 1 is 0.947 bits per heavy atom. The van der Waals surface area contributed by atoms with Crippen molar-refractivity contribution in [1.82, 2.24) is 0 Å². The molecule has 4 nitrogen and oxygen atoms in total. The van der Waals surface area contributed by atoms with Crippen molar-refractivity contribution in [2.75, 3.05) is 7.11 Å². The zero-order chi connectivity index (χ0) is 14.2. The van der Waals surface area contributed by atoms with Crippen LogP contribution < -0.4 is 0 Å². The van der Waals surface area contributed by atoms with E-state index in [0.29, 0.717) is 16.7 Å². The summed E-state index contributed by atoms with van der Waals surface area (Å²) >= 11 is 0. The Kier molecular flexibility index (Phi) is 3.44.